The van der Waals surface area contributed by atoms with E-state index in [1.54, 1.807) is 0 Å². The van der Waals surface area contributed by atoms with E-state index in [1.165, 1.54) is 0 Å². The molecule has 3 aromatic carbocycles. The van der Waals surface area contributed by atoms with Crippen LogP contribution in [0.4, 0.5) is 0 Å². The number of amides is 1. The Morgan fingerprint density at radius 2 is 1.35 bits per heavy atom. The predicted molar refractivity (Wildman–Crippen MR) is 110 cm³/mol. The first-order chi connectivity index (χ1) is 12.7. The lowest BCUT2D eigenvalue weighted by molar-refractivity contribution is -0.132. The van der Waals surface area contributed by atoms with Gasteiger partial charge in [-0.1, -0.05) is 88.7 Å². The van der Waals surface area contributed by atoms with Gasteiger partial charge in [0.25, 0.3) is 0 Å². The van der Waals surface area contributed by atoms with Crippen LogP contribution in [-0.4, -0.2) is 17.4 Å². The summed E-state index contributed by atoms with van der Waals surface area (Å²) in [6.07, 6.45) is 0.400. The summed E-state index contributed by atoms with van der Waals surface area (Å²) in [5, 5.41) is 0. The van der Waals surface area contributed by atoms with E-state index in [2.05, 4.69) is 40.2 Å². The van der Waals surface area contributed by atoms with Crippen LogP contribution in [0, 0.1) is 0 Å². The van der Waals surface area contributed by atoms with Gasteiger partial charge in [-0.15, -0.1) is 0 Å². The zero-order chi connectivity index (χ0) is 18.4. The Bertz CT molecular complexity index is 792. The topological polar surface area (TPSA) is 20.3 Å². The van der Waals surface area contributed by atoms with Crippen LogP contribution in [-0.2, 0) is 11.2 Å². The molecule has 0 aromatic heterocycles. The molecule has 0 fully saturated rings. The molecule has 3 rings (SSSR count). The number of halogens is 1. The normalized spacial score (nSPS) is 10.7. The zero-order valence-corrected chi connectivity index (χ0v) is 16.4. The highest BCUT2D eigenvalue weighted by Gasteiger charge is 2.25. The van der Waals surface area contributed by atoms with Crippen LogP contribution in [0.3, 0.4) is 0 Å². The molecule has 0 heterocycles. The van der Waals surface area contributed by atoms with Crippen molar-refractivity contribution < 1.29 is 4.79 Å². The third-order valence-electron chi connectivity index (χ3n) is 4.47. The molecule has 26 heavy (non-hydrogen) atoms. The minimum atomic E-state index is -0.0784. The van der Waals surface area contributed by atoms with Crippen LogP contribution in [0.15, 0.2) is 89.4 Å². The number of carbonyl (C=O) groups is 1. The fourth-order valence-corrected chi connectivity index (χ4v) is 3.47. The standard InChI is InChI=1S/C23H22BrNO/c1-2-25(22(26)17-18-13-15-21(24)16-14-18)23(19-9-5-3-6-10-19)20-11-7-4-8-12-20/h3-16,23H,2,17H2,1H3. The maximum Gasteiger partial charge on any atom is 0.227 e. The van der Waals surface area contributed by atoms with Crippen LogP contribution < -0.4 is 0 Å². The van der Waals surface area contributed by atoms with Crippen molar-refractivity contribution in [2.45, 2.75) is 19.4 Å². The second-order valence-corrected chi connectivity index (χ2v) is 7.12. The van der Waals surface area contributed by atoms with Crippen molar-refractivity contribution in [2.75, 3.05) is 6.54 Å². The second-order valence-electron chi connectivity index (χ2n) is 6.21. The zero-order valence-electron chi connectivity index (χ0n) is 14.8. The van der Waals surface area contributed by atoms with Crippen LogP contribution in [0.2, 0.25) is 0 Å². The van der Waals surface area contributed by atoms with E-state index in [0.717, 1.165) is 21.2 Å². The van der Waals surface area contributed by atoms with Crippen molar-refractivity contribution in [3.63, 3.8) is 0 Å². The molecule has 1 amide bonds. The minimum Gasteiger partial charge on any atom is -0.332 e. The summed E-state index contributed by atoms with van der Waals surface area (Å²) in [6, 6.07) is 28.3. The summed E-state index contributed by atoms with van der Waals surface area (Å²) in [6.45, 7) is 2.70. The molecule has 0 unspecified atom stereocenters. The van der Waals surface area contributed by atoms with Crippen LogP contribution in [0.5, 0.6) is 0 Å². The molecule has 0 bridgehead atoms. The van der Waals surface area contributed by atoms with E-state index in [9.17, 15) is 4.79 Å². The largest absolute Gasteiger partial charge is 0.332 e. The van der Waals surface area contributed by atoms with Gasteiger partial charge in [-0.25, -0.2) is 0 Å². The van der Waals surface area contributed by atoms with Gasteiger partial charge in [0.05, 0.1) is 12.5 Å². The molecular formula is C23H22BrNO. The first kappa shape index (κ1) is 18.4. The van der Waals surface area contributed by atoms with Crippen LogP contribution >= 0.6 is 15.9 Å². The molecule has 0 atom stereocenters. The average molecular weight is 408 g/mol. The second kappa shape index (κ2) is 8.81. The number of rotatable bonds is 6. The molecule has 0 saturated heterocycles. The molecule has 3 heteroatoms. The molecule has 0 spiro atoms. The van der Waals surface area contributed by atoms with Crippen molar-refractivity contribution in [3.05, 3.63) is 106 Å². The lowest BCUT2D eigenvalue weighted by Crippen LogP contribution is -2.36. The van der Waals surface area contributed by atoms with Crippen molar-refractivity contribution in [1.29, 1.82) is 0 Å². The number of hydrogen-bond donors (Lipinski definition) is 0. The molecule has 0 aliphatic heterocycles. The quantitative estimate of drug-likeness (QED) is 0.518. The Morgan fingerprint density at radius 1 is 0.846 bits per heavy atom. The predicted octanol–water partition coefficient (Wildman–Crippen LogP) is 5.63. The van der Waals surface area contributed by atoms with E-state index < -0.39 is 0 Å². The summed E-state index contributed by atoms with van der Waals surface area (Å²) < 4.78 is 1.02. The van der Waals surface area contributed by atoms with Crippen molar-refractivity contribution in [2.24, 2.45) is 0 Å². The first-order valence-corrected chi connectivity index (χ1v) is 9.62. The van der Waals surface area contributed by atoms with Crippen molar-refractivity contribution in [1.82, 2.24) is 4.90 Å². The smallest absolute Gasteiger partial charge is 0.227 e. The van der Waals surface area contributed by atoms with Crippen LogP contribution in [0.1, 0.15) is 29.7 Å². The molecular weight excluding hydrogens is 386 g/mol. The first-order valence-electron chi connectivity index (χ1n) is 8.83. The highest BCUT2D eigenvalue weighted by Crippen LogP contribution is 2.29. The Hall–Kier alpha value is -2.39. The van der Waals surface area contributed by atoms with Crippen molar-refractivity contribution in [3.8, 4) is 0 Å². The summed E-state index contributed by atoms with van der Waals surface area (Å²) in [7, 11) is 0. The molecule has 0 aliphatic carbocycles. The number of likely N-dealkylation sites (N-methyl/N-ethyl adjacent to an activating group) is 1. The van der Waals surface area contributed by atoms with Gasteiger partial charge in [0.2, 0.25) is 5.91 Å². The van der Waals surface area contributed by atoms with E-state index in [-0.39, 0.29) is 11.9 Å². The Kier molecular flexibility index (Phi) is 6.24. The lowest BCUT2D eigenvalue weighted by Gasteiger charge is -2.32. The molecule has 3 aromatic rings. The van der Waals surface area contributed by atoms with Crippen LogP contribution in [0.25, 0.3) is 0 Å². The van der Waals surface area contributed by atoms with Gasteiger partial charge in [0.1, 0.15) is 0 Å². The molecule has 0 N–H and O–H groups in total. The molecule has 0 radical (unpaired) electrons. The average Bonchev–Trinajstić information content (AvgIpc) is 2.69. The van der Waals surface area contributed by atoms with Gasteiger partial charge in [-0.3, -0.25) is 4.79 Å². The highest BCUT2D eigenvalue weighted by atomic mass is 79.9. The molecule has 0 aliphatic rings. The Morgan fingerprint density at radius 3 is 1.81 bits per heavy atom. The summed E-state index contributed by atoms with van der Waals surface area (Å²) in [5.41, 5.74) is 3.28. The minimum absolute atomic E-state index is 0.0784. The highest BCUT2D eigenvalue weighted by molar-refractivity contribution is 9.10. The van der Waals surface area contributed by atoms with E-state index >= 15 is 0 Å². The molecule has 0 saturated carbocycles. The van der Waals surface area contributed by atoms with E-state index in [0.29, 0.717) is 13.0 Å². The number of hydrogen-bond acceptors (Lipinski definition) is 1. The Labute approximate surface area is 163 Å². The van der Waals surface area contributed by atoms with Gasteiger partial charge < -0.3 is 4.90 Å². The maximum absolute atomic E-state index is 13.1. The third-order valence-corrected chi connectivity index (χ3v) is 5.00. The fraction of sp³-hybridized carbons (Fsp3) is 0.174. The SMILES string of the molecule is CCN(C(=O)Cc1ccc(Br)cc1)C(c1ccccc1)c1ccccc1. The number of nitrogens with zero attached hydrogens (tertiary/aromatic N) is 1. The van der Waals surface area contributed by atoms with E-state index in [1.807, 2.05) is 72.5 Å². The van der Waals surface area contributed by atoms with Gasteiger partial charge >= 0.3 is 0 Å². The van der Waals surface area contributed by atoms with Crippen molar-refractivity contribution >= 4 is 21.8 Å². The third kappa shape index (κ3) is 4.41. The van der Waals surface area contributed by atoms with Gasteiger partial charge in [-0.2, -0.15) is 0 Å². The number of carbonyl (C=O) groups excluding carboxylic acids is 1. The molecule has 132 valence electrons. The lowest BCUT2D eigenvalue weighted by atomic mass is 9.96. The molecule has 2 nitrogen and oxygen atoms in total. The van der Waals surface area contributed by atoms with Gasteiger partial charge in [0.15, 0.2) is 0 Å². The van der Waals surface area contributed by atoms with E-state index in [4.69, 9.17) is 0 Å². The fourth-order valence-electron chi connectivity index (χ4n) is 3.20. The summed E-state index contributed by atoms with van der Waals surface area (Å²) in [5.74, 6) is 0.132. The summed E-state index contributed by atoms with van der Waals surface area (Å²) >= 11 is 3.44. The maximum atomic E-state index is 13.1. The number of benzene rings is 3. The Balaban J connectivity index is 1.92. The summed E-state index contributed by atoms with van der Waals surface area (Å²) in [4.78, 5) is 15.1. The van der Waals surface area contributed by atoms with Gasteiger partial charge in [-0.05, 0) is 35.7 Å². The van der Waals surface area contributed by atoms with Gasteiger partial charge in [0, 0.05) is 11.0 Å². The monoisotopic (exact) mass is 407 g/mol.